The highest BCUT2D eigenvalue weighted by Gasteiger charge is 2.32. The average molecular weight is 582 g/mol. The molecule has 41 heavy (non-hydrogen) atoms. The molecule has 1 aliphatic carbocycles. The van der Waals surface area contributed by atoms with Crippen molar-refractivity contribution in [2.45, 2.75) is 96.5 Å². The zero-order valence-corrected chi connectivity index (χ0v) is 27.3. The molecule has 0 unspecified atom stereocenters. The van der Waals surface area contributed by atoms with Crippen molar-refractivity contribution < 1.29 is 13.2 Å². The number of hydrogen-bond donors (Lipinski definition) is 0. The first-order valence-electron chi connectivity index (χ1n) is 15.4. The maximum Gasteiger partial charge on any atom is 0.242 e. The fourth-order valence-electron chi connectivity index (χ4n) is 6.23. The van der Waals surface area contributed by atoms with Gasteiger partial charge in [0.05, 0.1) is 17.7 Å². The highest BCUT2D eigenvalue weighted by Crippen LogP contribution is 2.41. The van der Waals surface area contributed by atoms with Crippen LogP contribution in [0.25, 0.3) is 6.08 Å². The molecule has 0 N–H and O–H groups in total. The number of nitrogens with zero attached hydrogens (tertiary/aromatic N) is 3. The third kappa shape index (κ3) is 7.36. The van der Waals surface area contributed by atoms with Gasteiger partial charge in [0.2, 0.25) is 10.0 Å². The molecule has 0 spiro atoms. The predicted molar refractivity (Wildman–Crippen MR) is 171 cm³/mol. The van der Waals surface area contributed by atoms with Crippen LogP contribution in [0.2, 0.25) is 0 Å². The van der Waals surface area contributed by atoms with Gasteiger partial charge in [0.25, 0.3) is 0 Å². The second-order valence-electron chi connectivity index (χ2n) is 13.0. The van der Waals surface area contributed by atoms with Gasteiger partial charge in [-0.2, -0.15) is 0 Å². The molecule has 2 aliphatic rings. The Balaban J connectivity index is 1.86. The van der Waals surface area contributed by atoms with Crippen molar-refractivity contribution in [1.82, 2.24) is 9.21 Å². The number of benzene rings is 2. The Hall–Kier alpha value is -2.35. The largest absolute Gasteiger partial charge is 0.490 e. The zero-order chi connectivity index (χ0) is 29.9. The molecule has 2 aromatic carbocycles. The van der Waals surface area contributed by atoms with E-state index in [0.717, 1.165) is 31.2 Å². The summed E-state index contributed by atoms with van der Waals surface area (Å²) in [6, 6.07) is 12.0. The van der Waals surface area contributed by atoms with Crippen molar-refractivity contribution in [3.63, 3.8) is 0 Å². The summed E-state index contributed by atoms with van der Waals surface area (Å²) in [6.45, 7) is 15.8. The molecule has 0 bridgehead atoms. The maximum absolute atomic E-state index is 13.1. The van der Waals surface area contributed by atoms with Crippen molar-refractivity contribution in [3.05, 3.63) is 58.8 Å². The van der Waals surface area contributed by atoms with E-state index in [-0.39, 0.29) is 11.0 Å². The molecule has 226 valence electrons. The first-order chi connectivity index (χ1) is 19.4. The van der Waals surface area contributed by atoms with Crippen LogP contribution in [0, 0.1) is 5.92 Å². The summed E-state index contributed by atoms with van der Waals surface area (Å²) < 4.78 is 33.7. The summed E-state index contributed by atoms with van der Waals surface area (Å²) in [4.78, 5) is 5.37. The van der Waals surface area contributed by atoms with Crippen LogP contribution in [0.1, 0.15) is 102 Å². The monoisotopic (exact) mass is 581 g/mol. The van der Waals surface area contributed by atoms with E-state index in [9.17, 15) is 8.42 Å². The molecule has 0 atom stereocenters. The topological polar surface area (TPSA) is 53.1 Å². The lowest BCUT2D eigenvalue weighted by Gasteiger charge is -2.30. The Labute approximate surface area is 249 Å². The van der Waals surface area contributed by atoms with Crippen LogP contribution in [0.5, 0.6) is 5.75 Å². The van der Waals surface area contributed by atoms with Crippen LogP contribution in [-0.4, -0.2) is 57.6 Å². The summed E-state index contributed by atoms with van der Waals surface area (Å²) >= 11 is 0. The van der Waals surface area contributed by atoms with Crippen molar-refractivity contribution >= 4 is 21.8 Å². The lowest BCUT2D eigenvalue weighted by atomic mass is 9.89. The Morgan fingerprint density at radius 1 is 0.951 bits per heavy atom. The van der Waals surface area contributed by atoms with E-state index in [1.165, 1.54) is 58.9 Å². The third-order valence-electron chi connectivity index (χ3n) is 8.37. The minimum absolute atomic E-state index is 0.0276. The van der Waals surface area contributed by atoms with Crippen LogP contribution in [0.3, 0.4) is 0 Å². The summed E-state index contributed by atoms with van der Waals surface area (Å²) in [7, 11) is -0.438. The number of sulfonamides is 1. The van der Waals surface area contributed by atoms with Gasteiger partial charge >= 0.3 is 0 Å². The smallest absolute Gasteiger partial charge is 0.242 e. The van der Waals surface area contributed by atoms with Crippen molar-refractivity contribution in [2.24, 2.45) is 5.92 Å². The van der Waals surface area contributed by atoms with Crippen molar-refractivity contribution in [2.75, 3.05) is 38.8 Å². The number of para-hydroxylation sites is 1. The molecule has 4 rings (SSSR count). The van der Waals surface area contributed by atoms with Crippen LogP contribution >= 0.6 is 0 Å². The van der Waals surface area contributed by atoms with Crippen LogP contribution in [-0.2, 0) is 10.0 Å². The molecule has 0 aromatic heterocycles. The van der Waals surface area contributed by atoms with E-state index in [1.54, 1.807) is 26.2 Å². The second-order valence-corrected chi connectivity index (χ2v) is 15.1. The predicted octanol–water partition coefficient (Wildman–Crippen LogP) is 7.67. The van der Waals surface area contributed by atoms with Gasteiger partial charge in [-0.1, -0.05) is 65.2 Å². The van der Waals surface area contributed by atoms with E-state index in [1.807, 2.05) is 19.9 Å². The first-order valence-corrected chi connectivity index (χ1v) is 16.9. The lowest BCUT2D eigenvalue weighted by Crippen LogP contribution is -2.31. The summed E-state index contributed by atoms with van der Waals surface area (Å²) in [5, 5.41) is 0. The summed E-state index contributed by atoms with van der Waals surface area (Å²) in [5.41, 5.74) is 5.99. The van der Waals surface area contributed by atoms with Gasteiger partial charge in [-0.25, -0.2) is 12.7 Å². The normalized spacial score (nSPS) is 18.5. The maximum atomic E-state index is 13.1. The van der Waals surface area contributed by atoms with E-state index in [0.29, 0.717) is 17.6 Å². The average Bonchev–Trinajstić information content (AvgIpc) is 3.30. The SMILES string of the molecule is CC(C)Oc1ccc(S(=O)(=O)N(C)C)cc1C=C1CN(CC2CCCCC2)CN1c1c(C(C)C)cccc1C(C)C. The Morgan fingerprint density at radius 3 is 2.15 bits per heavy atom. The van der Waals surface area contributed by atoms with Crippen LogP contribution in [0.4, 0.5) is 5.69 Å². The molecule has 1 aliphatic heterocycles. The standard InChI is InChI=1S/C34H51N3O3S/c1-24(2)31-15-12-16-32(25(3)4)34(31)37-23-36(21-27-13-10-9-11-14-27)22-29(37)19-28-20-30(41(38,39)35(7)8)17-18-33(28)40-26(5)6/h12,15-20,24-27H,9-11,13-14,21-23H2,1-8H3. The molecule has 1 saturated carbocycles. The molecular formula is C34H51N3O3S. The summed E-state index contributed by atoms with van der Waals surface area (Å²) in [5.74, 6) is 2.21. The molecule has 0 amide bonds. The number of rotatable bonds is 10. The third-order valence-corrected chi connectivity index (χ3v) is 10.2. The van der Waals surface area contributed by atoms with Gasteiger partial charge in [-0.15, -0.1) is 0 Å². The van der Waals surface area contributed by atoms with Gasteiger partial charge < -0.3 is 9.64 Å². The fourth-order valence-corrected chi connectivity index (χ4v) is 7.16. The Kier molecular flexibility index (Phi) is 10.2. The Bertz CT molecular complexity index is 1300. The molecule has 2 aromatic rings. The van der Waals surface area contributed by atoms with Gasteiger partial charge in [0.15, 0.2) is 0 Å². The quantitative estimate of drug-likeness (QED) is 0.288. The molecule has 1 heterocycles. The molecule has 7 heteroatoms. The van der Waals surface area contributed by atoms with E-state index >= 15 is 0 Å². The second kappa shape index (κ2) is 13.3. The Morgan fingerprint density at radius 2 is 1.59 bits per heavy atom. The van der Waals surface area contributed by atoms with Gasteiger partial charge in [0, 0.05) is 44.1 Å². The number of anilines is 1. The van der Waals surface area contributed by atoms with Crippen molar-refractivity contribution in [3.8, 4) is 5.75 Å². The summed E-state index contributed by atoms with van der Waals surface area (Å²) in [6.07, 6.45) is 8.80. The first kappa shape index (κ1) is 31.6. The van der Waals surface area contributed by atoms with E-state index < -0.39 is 10.0 Å². The highest BCUT2D eigenvalue weighted by molar-refractivity contribution is 7.89. The van der Waals surface area contributed by atoms with Gasteiger partial charge in [0.1, 0.15) is 5.75 Å². The molecular weight excluding hydrogens is 530 g/mol. The molecule has 1 saturated heterocycles. The number of hydrogen-bond acceptors (Lipinski definition) is 5. The minimum Gasteiger partial charge on any atom is -0.490 e. The highest BCUT2D eigenvalue weighted by atomic mass is 32.2. The van der Waals surface area contributed by atoms with E-state index in [2.05, 4.69) is 61.8 Å². The van der Waals surface area contributed by atoms with Crippen LogP contribution < -0.4 is 9.64 Å². The fraction of sp³-hybridized carbons (Fsp3) is 0.588. The van der Waals surface area contributed by atoms with Crippen LogP contribution in [0.15, 0.2) is 47.0 Å². The minimum atomic E-state index is -3.59. The molecule has 2 fully saturated rings. The molecule has 0 radical (unpaired) electrons. The van der Waals surface area contributed by atoms with Crippen molar-refractivity contribution in [1.29, 1.82) is 0 Å². The van der Waals surface area contributed by atoms with E-state index in [4.69, 9.17) is 4.74 Å². The van der Waals surface area contributed by atoms with Gasteiger partial charge in [-0.3, -0.25) is 4.90 Å². The van der Waals surface area contributed by atoms with Gasteiger partial charge in [-0.05, 0) is 79.8 Å². The zero-order valence-electron chi connectivity index (χ0n) is 26.5. The number of ether oxygens (including phenoxy) is 1. The molecule has 6 nitrogen and oxygen atoms in total. The lowest BCUT2D eigenvalue weighted by molar-refractivity contribution is 0.237.